The van der Waals surface area contributed by atoms with Crippen molar-refractivity contribution in [2.45, 2.75) is 39.2 Å². The van der Waals surface area contributed by atoms with Crippen LogP contribution >= 0.6 is 0 Å². The first-order chi connectivity index (χ1) is 10.6. The van der Waals surface area contributed by atoms with Crippen molar-refractivity contribution in [1.82, 2.24) is 0 Å². The molecule has 0 atom stereocenters. The molecule has 2 aromatic carbocycles. The Bertz CT molecular complexity index is 540. The third-order valence-electron chi connectivity index (χ3n) is 3.76. The topological polar surface area (TPSA) is 25.8 Å². The van der Waals surface area contributed by atoms with Crippen molar-refractivity contribution in [2.75, 3.05) is 13.2 Å². The molecule has 0 radical (unpaired) electrons. The van der Waals surface area contributed by atoms with Crippen molar-refractivity contribution in [3.63, 3.8) is 0 Å². The highest BCUT2D eigenvalue weighted by molar-refractivity contribution is 5.31. The number of rotatable bonds is 7. The molecule has 2 N–H and O–H groups in total. The largest absolute Gasteiger partial charge is 0.493 e. The number of hydrogen-bond donors (Lipinski definition) is 1. The summed E-state index contributed by atoms with van der Waals surface area (Å²) in [6.45, 7) is 9.60. The molecule has 0 heterocycles. The van der Waals surface area contributed by atoms with Gasteiger partial charge in [0, 0.05) is 12.0 Å². The van der Waals surface area contributed by atoms with Gasteiger partial charge in [-0.2, -0.15) is 0 Å². The maximum Gasteiger partial charge on any atom is 0.119 e. The summed E-state index contributed by atoms with van der Waals surface area (Å²) >= 11 is 0. The molecule has 0 saturated carbocycles. The summed E-state index contributed by atoms with van der Waals surface area (Å²) < 4.78 is 5.81. The lowest BCUT2D eigenvalue weighted by atomic mass is 9.87. The van der Waals surface area contributed by atoms with Crippen molar-refractivity contribution in [1.29, 1.82) is 0 Å². The zero-order chi connectivity index (χ0) is 15.8. The maximum absolute atomic E-state index is 5.81. The molecule has 0 fully saturated rings. The van der Waals surface area contributed by atoms with Gasteiger partial charge < -0.3 is 10.1 Å². The standard InChI is InChI=1S/C20H27NO/c1-20(2,3)18-10-12-19(13-11-18)22-15-7-14-21-16-17-8-5-4-6-9-17/h4-6,8-13,21H,7,14-16H2,1-3H3/p+1. The molecule has 2 nitrogen and oxygen atoms in total. The molecular weight excluding hydrogens is 270 g/mol. The summed E-state index contributed by atoms with van der Waals surface area (Å²) in [5, 5.41) is 2.33. The minimum absolute atomic E-state index is 0.199. The molecule has 118 valence electrons. The Hall–Kier alpha value is -1.80. The van der Waals surface area contributed by atoms with Crippen LogP contribution in [0.4, 0.5) is 0 Å². The SMILES string of the molecule is CC(C)(C)c1ccc(OCCC[NH2+]Cc2ccccc2)cc1. The van der Waals surface area contributed by atoms with E-state index in [2.05, 4.69) is 80.7 Å². The van der Waals surface area contributed by atoms with Crippen molar-refractivity contribution in [3.05, 3.63) is 65.7 Å². The Morgan fingerprint density at radius 3 is 2.23 bits per heavy atom. The van der Waals surface area contributed by atoms with Crippen LogP contribution in [0.15, 0.2) is 54.6 Å². The van der Waals surface area contributed by atoms with Gasteiger partial charge in [-0.15, -0.1) is 0 Å². The summed E-state index contributed by atoms with van der Waals surface area (Å²) in [6, 6.07) is 19.1. The highest BCUT2D eigenvalue weighted by atomic mass is 16.5. The fourth-order valence-electron chi connectivity index (χ4n) is 2.35. The molecule has 0 bridgehead atoms. The van der Waals surface area contributed by atoms with Gasteiger partial charge in [0.2, 0.25) is 0 Å². The molecule has 0 amide bonds. The van der Waals surface area contributed by atoms with Crippen LogP contribution in [0.2, 0.25) is 0 Å². The fraction of sp³-hybridized carbons (Fsp3) is 0.400. The fourth-order valence-corrected chi connectivity index (χ4v) is 2.35. The molecule has 2 rings (SSSR count). The number of quaternary nitrogens is 1. The van der Waals surface area contributed by atoms with Gasteiger partial charge in [-0.25, -0.2) is 0 Å². The predicted molar refractivity (Wildman–Crippen MR) is 92.2 cm³/mol. The molecule has 0 unspecified atom stereocenters. The minimum Gasteiger partial charge on any atom is -0.493 e. The van der Waals surface area contributed by atoms with E-state index in [9.17, 15) is 0 Å². The van der Waals surface area contributed by atoms with Crippen LogP contribution in [0.1, 0.15) is 38.3 Å². The first kappa shape index (κ1) is 16.6. The molecule has 2 heteroatoms. The normalized spacial score (nSPS) is 11.4. The van der Waals surface area contributed by atoms with Gasteiger partial charge in [-0.1, -0.05) is 63.2 Å². The second kappa shape index (κ2) is 8.00. The van der Waals surface area contributed by atoms with Crippen LogP contribution in [-0.2, 0) is 12.0 Å². The zero-order valence-electron chi connectivity index (χ0n) is 14.0. The lowest BCUT2D eigenvalue weighted by Gasteiger charge is -2.19. The van der Waals surface area contributed by atoms with Gasteiger partial charge in [0.25, 0.3) is 0 Å². The highest BCUT2D eigenvalue weighted by Gasteiger charge is 2.12. The van der Waals surface area contributed by atoms with Crippen LogP contribution in [0.3, 0.4) is 0 Å². The molecule has 22 heavy (non-hydrogen) atoms. The van der Waals surface area contributed by atoms with Gasteiger partial charge in [0.1, 0.15) is 12.3 Å². The van der Waals surface area contributed by atoms with Crippen LogP contribution in [0.25, 0.3) is 0 Å². The molecule has 0 saturated heterocycles. The first-order valence-corrected chi connectivity index (χ1v) is 8.14. The lowest BCUT2D eigenvalue weighted by Crippen LogP contribution is -2.82. The van der Waals surface area contributed by atoms with E-state index in [1.165, 1.54) is 11.1 Å². The molecule has 0 aliphatic carbocycles. The van der Waals surface area contributed by atoms with Crippen LogP contribution in [-0.4, -0.2) is 13.2 Å². The molecular formula is C20H28NO+. The summed E-state index contributed by atoms with van der Waals surface area (Å²) in [5.41, 5.74) is 2.92. The summed E-state index contributed by atoms with van der Waals surface area (Å²) in [4.78, 5) is 0. The van der Waals surface area contributed by atoms with Gasteiger partial charge in [-0.3, -0.25) is 0 Å². The van der Waals surface area contributed by atoms with E-state index in [1.807, 2.05) is 0 Å². The Morgan fingerprint density at radius 1 is 0.909 bits per heavy atom. The summed E-state index contributed by atoms with van der Waals surface area (Å²) in [6.07, 6.45) is 1.06. The maximum atomic E-state index is 5.81. The molecule has 0 aliphatic rings. The zero-order valence-corrected chi connectivity index (χ0v) is 14.0. The van der Waals surface area contributed by atoms with Crippen molar-refractivity contribution >= 4 is 0 Å². The lowest BCUT2D eigenvalue weighted by molar-refractivity contribution is -0.671. The molecule has 0 aromatic heterocycles. The van der Waals surface area contributed by atoms with Crippen molar-refractivity contribution < 1.29 is 10.1 Å². The Balaban J connectivity index is 1.62. The van der Waals surface area contributed by atoms with Gasteiger partial charge in [0.15, 0.2) is 0 Å². The number of benzene rings is 2. The quantitative estimate of drug-likeness (QED) is 0.778. The predicted octanol–water partition coefficient (Wildman–Crippen LogP) is 3.52. The second-order valence-electron chi connectivity index (χ2n) is 6.74. The summed E-state index contributed by atoms with van der Waals surface area (Å²) in [7, 11) is 0. The van der Waals surface area contributed by atoms with E-state index in [1.54, 1.807) is 0 Å². The number of hydrogen-bond acceptors (Lipinski definition) is 1. The third kappa shape index (κ3) is 5.53. The third-order valence-corrected chi connectivity index (χ3v) is 3.76. The van der Waals surface area contributed by atoms with E-state index in [0.717, 1.165) is 31.9 Å². The van der Waals surface area contributed by atoms with Crippen molar-refractivity contribution in [2.24, 2.45) is 0 Å². The summed E-state index contributed by atoms with van der Waals surface area (Å²) in [5.74, 6) is 0.969. The Morgan fingerprint density at radius 2 is 1.59 bits per heavy atom. The molecule has 0 aliphatic heterocycles. The number of ether oxygens (including phenoxy) is 1. The Labute approximate surface area is 134 Å². The first-order valence-electron chi connectivity index (χ1n) is 8.14. The number of nitrogens with two attached hydrogens (primary N) is 1. The Kier molecular flexibility index (Phi) is 6.02. The van der Waals surface area contributed by atoms with E-state index in [0.29, 0.717) is 0 Å². The monoisotopic (exact) mass is 298 g/mol. The van der Waals surface area contributed by atoms with E-state index in [4.69, 9.17) is 4.74 Å². The van der Waals surface area contributed by atoms with E-state index >= 15 is 0 Å². The van der Waals surface area contributed by atoms with Gasteiger partial charge in [0.05, 0.1) is 13.2 Å². The average Bonchev–Trinajstić information content (AvgIpc) is 2.51. The van der Waals surface area contributed by atoms with Crippen LogP contribution in [0.5, 0.6) is 5.75 Å². The van der Waals surface area contributed by atoms with Gasteiger partial charge >= 0.3 is 0 Å². The smallest absolute Gasteiger partial charge is 0.119 e. The van der Waals surface area contributed by atoms with E-state index in [-0.39, 0.29) is 5.41 Å². The second-order valence-corrected chi connectivity index (χ2v) is 6.74. The van der Waals surface area contributed by atoms with Crippen LogP contribution < -0.4 is 10.1 Å². The van der Waals surface area contributed by atoms with E-state index < -0.39 is 0 Å². The highest BCUT2D eigenvalue weighted by Crippen LogP contribution is 2.24. The average molecular weight is 298 g/mol. The molecule has 2 aromatic rings. The molecule has 0 spiro atoms. The van der Waals surface area contributed by atoms with Crippen LogP contribution in [0, 0.1) is 0 Å². The minimum atomic E-state index is 0.199. The van der Waals surface area contributed by atoms with Gasteiger partial charge in [-0.05, 0) is 23.1 Å². The van der Waals surface area contributed by atoms with Crippen molar-refractivity contribution in [3.8, 4) is 5.75 Å².